The first kappa shape index (κ1) is 12.2. The molecule has 0 spiro atoms. The summed E-state index contributed by atoms with van der Waals surface area (Å²) in [6.07, 6.45) is 1.90. The summed E-state index contributed by atoms with van der Waals surface area (Å²) in [5.74, 6) is 0.814. The number of hydrogen-bond acceptors (Lipinski definition) is 3. The molecule has 19 heavy (non-hydrogen) atoms. The molecule has 2 aromatic heterocycles. The lowest BCUT2D eigenvalue weighted by Crippen LogP contribution is -2.00. The second kappa shape index (κ2) is 5.01. The molecule has 0 aliphatic rings. The van der Waals surface area contributed by atoms with Crippen molar-refractivity contribution in [2.75, 3.05) is 0 Å². The largest absolute Gasteiger partial charge is 0.486 e. The second-order valence-corrected chi connectivity index (χ2v) is 5.08. The van der Waals surface area contributed by atoms with Crippen LogP contribution in [0.4, 0.5) is 0 Å². The molecule has 0 saturated carbocycles. The fourth-order valence-corrected chi connectivity index (χ4v) is 2.23. The van der Waals surface area contributed by atoms with Crippen molar-refractivity contribution in [3.63, 3.8) is 0 Å². The number of fused-ring (bicyclic) bond motifs is 1. The summed E-state index contributed by atoms with van der Waals surface area (Å²) in [7, 11) is 0. The number of hydrogen-bond donors (Lipinski definition) is 0. The highest BCUT2D eigenvalue weighted by Gasteiger charge is 2.03. The van der Waals surface area contributed by atoms with Crippen LogP contribution < -0.4 is 4.74 Å². The highest BCUT2D eigenvalue weighted by molar-refractivity contribution is 9.10. The monoisotopic (exact) mass is 317 g/mol. The number of ether oxygens (including phenoxy) is 1. The third-order valence-electron chi connectivity index (χ3n) is 2.72. The van der Waals surface area contributed by atoms with E-state index in [-0.39, 0.29) is 0 Å². The van der Waals surface area contributed by atoms with E-state index in [1.165, 1.54) is 0 Å². The predicted octanol–water partition coefficient (Wildman–Crippen LogP) is 3.38. The number of aryl methyl sites for hydroxylation is 1. The molecule has 1 aromatic carbocycles. The third-order valence-corrected chi connectivity index (χ3v) is 3.37. The molecule has 3 rings (SSSR count). The predicted molar refractivity (Wildman–Crippen MR) is 76.2 cm³/mol. The van der Waals surface area contributed by atoms with Gasteiger partial charge in [-0.2, -0.15) is 5.10 Å². The van der Waals surface area contributed by atoms with Crippen LogP contribution in [0, 0.1) is 6.92 Å². The van der Waals surface area contributed by atoms with E-state index in [2.05, 4.69) is 26.0 Å². The molecule has 0 unspecified atom stereocenters. The normalized spacial score (nSPS) is 10.8. The molecule has 0 radical (unpaired) electrons. The molecule has 0 saturated heterocycles. The van der Waals surface area contributed by atoms with Crippen LogP contribution in [-0.2, 0) is 6.61 Å². The van der Waals surface area contributed by atoms with Crippen molar-refractivity contribution in [2.24, 2.45) is 0 Å². The molecule has 0 bridgehead atoms. The number of benzene rings is 1. The molecule has 4 nitrogen and oxygen atoms in total. The van der Waals surface area contributed by atoms with Gasteiger partial charge in [-0.15, -0.1) is 0 Å². The minimum absolute atomic E-state index is 0.434. The molecule has 3 aromatic rings. The van der Waals surface area contributed by atoms with Crippen LogP contribution in [0.3, 0.4) is 0 Å². The van der Waals surface area contributed by atoms with Gasteiger partial charge in [0, 0.05) is 12.3 Å². The number of aromatic nitrogens is 3. The van der Waals surface area contributed by atoms with Gasteiger partial charge in [-0.3, -0.25) is 0 Å². The number of para-hydroxylation sites is 1. The van der Waals surface area contributed by atoms with Crippen molar-refractivity contribution < 1.29 is 4.74 Å². The van der Waals surface area contributed by atoms with Crippen LogP contribution in [0.1, 0.15) is 11.4 Å². The molecule has 5 heteroatoms. The van der Waals surface area contributed by atoms with Gasteiger partial charge in [-0.05, 0) is 41.1 Å². The molecule has 0 aliphatic heterocycles. The summed E-state index contributed by atoms with van der Waals surface area (Å²) < 4.78 is 8.44. The van der Waals surface area contributed by atoms with Crippen LogP contribution in [0.15, 0.2) is 47.1 Å². The Morgan fingerprint density at radius 1 is 1.26 bits per heavy atom. The third kappa shape index (κ3) is 2.61. The molecule has 0 atom stereocenters. The SMILES string of the molecule is Cc1cc2nc(COc3ccccc3Br)ccn2n1. The van der Waals surface area contributed by atoms with E-state index in [1.807, 2.05) is 49.5 Å². The van der Waals surface area contributed by atoms with Crippen molar-refractivity contribution in [1.29, 1.82) is 0 Å². The van der Waals surface area contributed by atoms with Gasteiger partial charge in [-0.1, -0.05) is 12.1 Å². The Balaban J connectivity index is 1.80. The first-order valence-corrected chi connectivity index (χ1v) is 6.71. The van der Waals surface area contributed by atoms with Gasteiger partial charge in [0.15, 0.2) is 5.65 Å². The summed E-state index contributed by atoms with van der Waals surface area (Å²) in [5.41, 5.74) is 2.67. The Hall–Kier alpha value is -1.88. The van der Waals surface area contributed by atoms with Gasteiger partial charge >= 0.3 is 0 Å². The summed E-state index contributed by atoms with van der Waals surface area (Å²) in [5, 5.41) is 4.29. The van der Waals surface area contributed by atoms with Gasteiger partial charge in [0.1, 0.15) is 12.4 Å². The van der Waals surface area contributed by atoms with Crippen molar-refractivity contribution in [1.82, 2.24) is 14.6 Å². The summed E-state index contributed by atoms with van der Waals surface area (Å²) in [4.78, 5) is 4.50. The van der Waals surface area contributed by atoms with Crippen LogP contribution in [0.5, 0.6) is 5.75 Å². The average molecular weight is 318 g/mol. The fraction of sp³-hybridized carbons (Fsp3) is 0.143. The summed E-state index contributed by atoms with van der Waals surface area (Å²) in [6, 6.07) is 11.6. The zero-order chi connectivity index (χ0) is 13.2. The first-order valence-electron chi connectivity index (χ1n) is 5.91. The van der Waals surface area contributed by atoms with E-state index >= 15 is 0 Å². The maximum absolute atomic E-state index is 5.74. The van der Waals surface area contributed by atoms with E-state index in [4.69, 9.17) is 4.74 Å². The maximum Gasteiger partial charge on any atom is 0.155 e. The van der Waals surface area contributed by atoms with Gasteiger partial charge in [-0.25, -0.2) is 9.50 Å². The standard InChI is InChI=1S/C14H12BrN3O/c1-10-8-14-16-11(6-7-18(14)17-10)9-19-13-5-3-2-4-12(13)15/h2-8H,9H2,1H3. The van der Waals surface area contributed by atoms with E-state index in [9.17, 15) is 0 Å². The van der Waals surface area contributed by atoms with Crippen LogP contribution in [-0.4, -0.2) is 14.6 Å². The number of nitrogens with zero attached hydrogens (tertiary/aromatic N) is 3. The Morgan fingerprint density at radius 3 is 2.95 bits per heavy atom. The number of halogens is 1. The highest BCUT2D eigenvalue weighted by atomic mass is 79.9. The quantitative estimate of drug-likeness (QED) is 0.743. The highest BCUT2D eigenvalue weighted by Crippen LogP contribution is 2.24. The molecule has 0 N–H and O–H groups in total. The topological polar surface area (TPSA) is 39.4 Å². The van der Waals surface area contributed by atoms with Crippen molar-refractivity contribution in [2.45, 2.75) is 13.5 Å². The summed E-state index contributed by atoms with van der Waals surface area (Å²) >= 11 is 3.45. The van der Waals surface area contributed by atoms with E-state index in [0.717, 1.165) is 27.3 Å². The van der Waals surface area contributed by atoms with Gasteiger partial charge in [0.25, 0.3) is 0 Å². The smallest absolute Gasteiger partial charge is 0.155 e. The maximum atomic E-state index is 5.74. The van der Waals surface area contributed by atoms with Crippen molar-refractivity contribution in [3.05, 3.63) is 58.5 Å². The molecule has 2 heterocycles. The van der Waals surface area contributed by atoms with Crippen LogP contribution in [0.25, 0.3) is 5.65 Å². The molecule has 0 aliphatic carbocycles. The molecular formula is C14H12BrN3O. The minimum atomic E-state index is 0.434. The Bertz CT molecular complexity index is 724. The van der Waals surface area contributed by atoms with Gasteiger partial charge in [0.05, 0.1) is 15.9 Å². The van der Waals surface area contributed by atoms with Crippen molar-refractivity contribution >= 4 is 21.6 Å². The first-order chi connectivity index (χ1) is 9.22. The Labute approximate surface area is 119 Å². The second-order valence-electron chi connectivity index (χ2n) is 4.23. The molecule has 96 valence electrons. The van der Waals surface area contributed by atoms with E-state index < -0.39 is 0 Å². The molecule has 0 amide bonds. The van der Waals surface area contributed by atoms with Gasteiger partial charge in [0.2, 0.25) is 0 Å². The lowest BCUT2D eigenvalue weighted by atomic mass is 10.3. The van der Waals surface area contributed by atoms with Crippen LogP contribution >= 0.6 is 15.9 Å². The Morgan fingerprint density at radius 2 is 2.11 bits per heavy atom. The van der Waals surface area contributed by atoms with Crippen LogP contribution in [0.2, 0.25) is 0 Å². The van der Waals surface area contributed by atoms with Crippen molar-refractivity contribution in [3.8, 4) is 5.75 Å². The average Bonchev–Trinajstić information content (AvgIpc) is 2.77. The minimum Gasteiger partial charge on any atom is -0.486 e. The van der Waals surface area contributed by atoms with E-state index in [0.29, 0.717) is 6.61 Å². The lowest BCUT2D eigenvalue weighted by molar-refractivity contribution is 0.299. The summed E-state index contributed by atoms with van der Waals surface area (Å²) in [6.45, 7) is 2.38. The lowest BCUT2D eigenvalue weighted by Gasteiger charge is -2.07. The zero-order valence-corrected chi connectivity index (χ0v) is 12.0. The number of rotatable bonds is 3. The fourth-order valence-electron chi connectivity index (χ4n) is 1.83. The van der Waals surface area contributed by atoms with E-state index in [1.54, 1.807) is 4.52 Å². The molecular weight excluding hydrogens is 306 g/mol. The Kier molecular flexibility index (Phi) is 3.21. The zero-order valence-electron chi connectivity index (χ0n) is 10.4. The van der Waals surface area contributed by atoms with Gasteiger partial charge < -0.3 is 4.74 Å². The molecule has 0 fully saturated rings.